The van der Waals surface area contributed by atoms with Crippen LogP contribution in [0.4, 0.5) is 4.79 Å². The fraction of sp³-hybridized carbons (Fsp3) is 0.650. The molecule has 0 aromatic heterocycles. The number of nitrogens with one attached hydrogen (secondary N) is 1. The highest BCUT2D eigenvalue weighted by molar-refractivity contribution is 5.67. The predicted octanol–water partition coefficient (Wildman–Crippen LogP) is 3.53. The van der Waals surface area contributed by atoms with Gasteiger partial charge in [0.1, 0.15) is 11.4 Å². The summed E-state index contributed by atoms with van der Waals surface area (Å²) in [4.78, 5) is 11.6. The summed E-state index contributed by atoms with van der Waals surface area (Å²) < 4.78 is 22.3. The maximum absolute atomic E-state index is 11.6. The molecule has 1 N–H and O–H groups in total. The molecule has 0 unspecified atom stereocenters. The molecule has 0 bridgehead atoms. The Labute approximate surface area is 156 Å². The van der Waals surface area contributed by atoms with Crippen molar-refractivity contribution in [1.29, 1.82) is 0 Å². The topological polar surface area (TPSA) is 66.0 Å². The number of hydrogen-bond donors (Lipinski definition) is 1. The maximum Gasteiger partial charge on any atom is 0.407 e. The molecule has 1 aliphatic rings. The van der Waals surface area contributed by atoms with Crippen LogP contribution in [0.3, 0.4) is 0 Å². The van der Waals surface area contributed by atoms with E-state index in [1.54, 1.807) is 0 Å². The third-order valence-electron chi connectivity index (χ3n) is 3.82. The van der Waals surface area contributed by atoms with Crippen molar-refractivity contribution in [2.45, 2.75) is 52.4 Å². The third-order valence-corrected chi connectivity index (χ3v) is 3.82. The summed E-state index contributed by atoms with van der Waals surface area (Å²) in [7, 11) is 0. The summed E-state index contributed by atoms with van der Waals surface area (Å²) in [6, 6.07) is 7.89. The van der Waals surface area contributed by atoms with Gasteiger partial charge in [-0.3, -0.25) is 0 Å². The van der Waals surface area contributed by atoms with E-state index in [4.69, 9.17) is 18.9 Å². The van der Waals surface area contributed by atoms with Crippen molar-refractivity contribution >= 4 is 6.09 Å². The lowest BCUT2D eigenvalue weighted by Crippen LogP contribution is -2.41. The van der Waals surface area contributed by atoms with E-state index >= 15 is 0 Å². The molecule has 6 nitrogen and oxygen atoms in total. The van der Waals surface area contributed by atoms with Crippen molar-refractivity contribution in [3.8, 4) is 5.75 Å². The van der Waals surface area contributed by atoms with E-state index in [0.717, 1.165) is 17.7 Å². The van der Waals surface area contributed by atoms with Gasteiger partial charge in [0.15, 0.2) is 5.79 Å². The van der Waals surface area contributed by atoms with Crippen LogP contribution in [0, 0.1) is 5.92 Å². The van der Waals surface area contributed by atoms with Gasteiger partial charge in [-0.25, -0.2) is 4.79 Å². The van der Waals surface area contributed by atoms with Gasteiger partial charge in [-0.2, -0.15) is 0 Å². The van der Waals surface area contributed by atoms with Gasteiger partial charge in [0, 0.05) is 12.5 Å². The second-order valence-corrected chi connectivity index (χ2v) is 8.02. The number of hydrogen-bond acceptors (Lipinski definition) is 5. The first kappa shape index (κ1) is 20.5. The molecule has 0 atom stereocenters. The van der Waals surface area contributed by atoms with Gasteiger partial charge >= 0.3 is 6.09 Å². The Morgan fingerprint density at radius 1 is 1.19 bits per heavy atom. The molecule has 1 aromatic carbocycles. The minimum Gasteiger partial charge on any atom is -0.493 e. The quantitative estimate of drug-likeness (QED) is 0.835. The molecular formula is C20H31NO5. The molecule has 0 saturated carbocycles. The number of carbonyl (C=O) groups is 1. The summed E-state index contributed by atoms with van der Waals surface area (Å²) in [6.07, 6.45) is 0.344. The highest BCUT2D eigenvalue weighted by Crippen LogP contribution is 2.21. The van der Waals surface area contributed by atoms with Gasteiger partial charge in [0.25, 0.3) is 0 Å². The zero-order valence-corrected chi connectivity index (χ0v) is 16.5. The molecule has 0 radical (unpaired) electrons. The SMILES string of the molecule is CC(C)(C)OC(=O)NCCc1ccc(OCC2COC(C)(C)OC2)cc1. The summed E-state index contributed by atoms with van der Waals surface area (Å²) in [5, 5.41) is 2.76. The first-order valence-electron chi connectivity index (χ1n) is 9.09. The van der Waals surface area contributed by atoms with Gasteiger partial charge in [0.05, 0.1) is 19.8 Å². The van der Waals surface area contributed by atoms with E-state index in [1.165, 1.54) is 0 Å². The minimum atomic E-state index is -0.495. The number of amides is 1. The molecule has 1 aliphatic heterocycles. The number of carbonyl (C=O) groups excluding carboxylic acids is 1. The lowest BCUT2D eigenvalue weighted by Gasteiger charge is -2.34. The molecule has 0 aliphatic carbocycles. The van der Waals surface area contributed by atoms with Gasteiger partial charge in [-0.15, -0.1) is 0 Å². The zero-order chi connectivity index (χ0) is 19.2. The van der Waals surface area contributed by atoms with Gasteiger partial charge in [0.2, 0.25) is 0 Å². The molecule has 146 valence electrons. The monoisotopic (exact) mass is 365 g/mol. The van der Waals surface area contributed by atoms with Gasteiger partial charge in [-0.05, 0) is 58.7 Å². The Balaban J connectivity index is 1.67. The van der Waals surface area contributed by atoms with Crippen LogP contribution in [0.5, 0.6) is 5.75 Å². The van der Waals surface area contributed by atoms with Crippen LogP contribution in [0.2, 0.25) is 0 Å². The summed E-state index contributed by atoms with van der Waals surface area (Å²) in [5.41, 5.74) is 0.646. The van der Waals surface area contributed by atoms with Gasteiger partial charge < -0.3 is 24.3 Å². The average molecular weight is 365 g/mol. The van der Waals surface area contributed by atoms with E-state index in [0.29, 0.717) is 26.4 Å². The maximum atomic E-state index is 11.6. The van der Waals surface area contributed by atoms with Gasteiger partial charge in [-0.1, -0.05) is 12.1 Å². The minimum absolute atomic E-state index is 0.237. The lowest BCUT2D eigenvalue weighted by atomic mass is 10.1. The Hall–Kier alpha value is -1.79. The third kappa shape index (κ3) is 7.62. The van der Waals surface area contributed by atoms with Crippen molar-refractivity contribution in [2.75, 3.05) is 26.4 Å². The van der Waals surface area contributed by atoms with Crippen LogP contribution in [0.1, 0.15) is 40.2 Å². The number of rotatable bonds is 6. The number of benzene rings is 1. The normalized spacial score (nSPS) is 17.6. The molecule has 2 rings (SSSR count). The summed E-state index contributed by atoms with van der Waals surface area (Å²) in [5.74, 6) is 0.560. The van der Waals surface area contributed by atoms with Crippen molar-refractivity contribution in [2.24, 2.45) is 5.92 Å². The van der Waals surface area contributed by atoms with E-state index in [2.05, 4.69) is 5.32 Å². The Kier molecular flexibility index (Phi) is 6.89. The number of alkyl carbamates (subject to hydrolysis) is 1. The highest BCUT2D eigenvalue weighted by Gasteiger charge is 2.28. The molecule has 1 aromatic rings. The van der Waals surface area contributed by atoms with Crippen LogP contribution < -0.4 is 10.1 Å². The lowest BCUT2D eigenvalue weighted by molar-refractivity contribution is -0.264. The zero-order valence-electron chi connectivity index (χ0n) is 16.5. The summed E-state index contributed by atoms with van der Waals surface area (Å²) >= 11 is 0. The molecule has 6 heteroatoms. The molecule has 1 amide bonds. The fourth-order valence-electron chi connectivity index (χ4n) is 2.41. The Morgan fingerprint density at radius 2 is 1.81 bits per heavy atom. The van der Waals surface area contributed by atoms with Crippen molar-refractivity contribution in [1.82, 2.24) is 5.32 Å². The highest BCUT2D eigenvalue weighted by atomic mass is 16.7. The molecule has 26 heavy (non-hydrogen) atoms. The second kappa shape index (κ2) is 8.73. The van der Waals surface area contributed by atoms with E-state index in [1.807, 2.05) is 58.9 Å². The Bertz CT molecular complexity index is 567. The first-order valence-corrected chi connectivity index (χ1v) is 9.09. The molecular weight excluding hydrogens is 334 g/mol. The average Bonchev–Trinajstić information content (AvgIpc) is 2.53. The van der Waals surface area contributed by atoms with Crippen LogP contribution in [-0.4, -0.2) is 43.8 Å². The summed E-state index contributed by atoms with van der Waals surface area (Å²) in [6.45, 7) is 11.7. The van der Waals surface area contributed by atoms with Crippen LogP contribution >= 0.6 is 0 Å². The number of ether oxygens (including phenoxy) is 4. The standard InChI is InChI=1S/C20H31NO5/c1-19(2,3)26-18(22)21-11-10-15-6-8-17(9-7-15)23-12-16-13-24-20(4,5)25-14-16/h6-9,16H,10-14H2,1-5H3,(H,21,22). The fourth-order valence-corrected chi connectivity index (χ4v) is 2.41. The molecule has 1 fully saturated rings. The Morgan fingerprint density at radius 3 is 2.38 bits per heavy atom. The smallest absolute Gasteiger partial charge is 0.407 e. The van der Waals surface area contributed by atoms with E-state index in [9.17, 15) is 4.79 Å². The molecule has 1 heterocycles. The first-order chi connectivity index (χ1) is 12.1. The molecule has 0 spiro atoms. The van der Waals surface area contributed by atoms with E-state index < -0.39 is 17.5 Å². The van der Waals surface area contributed by atoms with E-state index in [-0.39, 0.29) is 5.92 Å². The van der Waals surface area contributed by atoms with Crippen LogP contribution in [-0.2, 0) is 20.6 Å². The van der Waals surface area contributed by atoms with Crippen LogP contribution in [0.15, 0.2) is 24.3 Å². The molecule has 1 saturated heterocycles. The predicted molar refractivity (Wildman–Crippen MR) is 99.4 cm³/mol. The van der Waals surface area contributed by atoms with Crippen molar-refractivity contribution in [3.63, 3.8) is 0 Å². The largest absolute Gasteiger partial charge is 0.493 e. The van der Waals surface area contributed by atoms with Crippen LogP contribution in [0.25, 0.3) is 0 Å². The second-order valence-electron chi connectivity index (χ2n) is 8.02. The van der Waals surface area contributed by atoms with Crippen molar-refractivity contribution in [3.05, 3.63) is 29.8 Å². The van der Waals surface area contributed by atoms with Crippen molar-refractivity contribution < 1.29 is 23.7 Å².